The summed E-state index contributed by atoms with van der Waals surface area (Å²) in [6.45, 7) is 0. The smallest absolute Gasteiger partial charge is 0.160 e. The van der Waals surface area contributed by atoms with Crippen molar-refractivity contribution >= 4 is 28.9 Å². The van der Waals surface area contributed by atoms with Gasteiger partial charge in [0.15, 0.2) is 11.6 Å². The molecule has 1 fully saturated rings. The van der Waals surface area contributed by atoms with Crippen molar-refractivity contribution in [1.29, 1.82) is 0 Å². The lowest BCUT2D eigenvalue weighted by Crippen LogP contribution is -2.06. The summed E-state index contributed by atoms with van der Waals surface area (Å²) in [5, 5.41) is 5.57. The van der Waals surface area contributed by atoms with Gasteiger partial charge in [-0.3, -0.25) is 0 Å². The van der Waals surface area contributed by atoms with Crippen LogP contribution in [0.4, 0.5) is 5.69 Å². The van der Waals surface area contributed by atoms with Crippen LogP contribution in [-0.2, 0) is 7.05 Å². The fraction of sp³-hybridized carbons (Fsp3) is 0.467. The summed E-state index contributed by atoms with van der Waals surface area (Å²) in [6.07, 6.45) is 6.14. The molecule has 1 heterocycles. The zero-order valence-electron chi connectivity index (χ0n) is 11.9. The lowest BCUT2D eigenvalue weighted by atomic mass is 9.89. The molecule has 0 atom stereocenters. The Morgan fingerprint density at radius 1 is 1.19 bits per heavy atom. The average molecular weight is 325 g/mol. The zero-order chi connectivity index (χ0) is 15.0. The van der Waals surface area contributed by atoms with Gasteiger partial charge in [-0.2, -0.15) is 5.10 Å². The number of nitrogens with two attached hydrogens (primary N) is 1. The van der Waals surface area contributed by atoms with Crippen LogP contribution in [0.2, 0.25) is 10.0 Å². The normalized spacial score (nSPS) is 16.3. The molecule has 1 saturated carbocycles. The van der Waals surface area contributed by atoms with Crippen LogP contribution >= 0.6 is 23.2 Å². The molecular formula is C15H18Cl2N4. The van der Waals surface area contributed by atoms with Crippen molar-refractivity contribution in [2.24, 2.45) is 7.05 Å². The molecule has 1 aliphatic carbocycles. The Kier molecular flexibility index (Phi) is 4.09. The summed E-state index contributed by atoms with van der Waals surface area (Å²) >= 11 is 12.2. The minimum atomic E-state index is 0.444. The number of anilines is 1. The highest BCUT2D eigenvalue weighted by Gasteiger charge is 2.22. The van der Waals surface area contributed by atoms with Crippen LogP contribution in [0.5, 0.6) is 0 Å². The average Bonchev–Trinajstić information content (AvgIpc) is 2.86. The van der Waals surface area contributed by atoms with Crippen molar-refractivity contribution in [3.63, 3.8) is 0 Å². The first-order valence-electron chi connectivity index (χ1n) is 7.22. The lowest BCUT2D eigenvalue weighted by Gasteiger charge is -2.18. The molecule has 6 heteroatoms. The standard InChI is InChI=1S/C15H18Cl2N4/c1-21-15(11-7-10(16)8-12(17)13(11)18)19-14(20-21)9-5-3-2-4-6-9/h7-9H,2-6,18H2,1H3. The number of halogens is 2. The maximum Gasteiger partial charge on any atom is 0.160 e. The van der Waals surface area contributed by atoms with E-state index in [9.17, 15) is 0 Å². The van der Waals surface area contributed by atoms with Crippen LogP contribution in [-0.4, -0.2) is 14.8 Å². The van der Waals surface area contributed by atoms with Gasteiger partial charge < -0.3 is 5.73 Å². The van der Waals surface area contributed by atoms with Crippen molar-refractivity contribution in [3.05, 3.63) is 28.0 Å². The van der Waals surface area contributed by atoms with Crippen LogP contribution in [0.15, 0.2) is 12.1 Å². The molecule has 0 amide bonds. The third kappa shape index (κ3) is 2.87. The molecule has 0 bridgehead atoms. The highest BCUT2D eigenvalue weighted by molar-refractivity contribution is 6.37. The number of hydrogen-bond donors (Lipinski definition) is 1. The number of aromatic nitrogens is 3. The van der Waals surface area contributed by atoms with Gasteiger partial charge in [-0.05, 0) is 25.0 Å². The van der Waals surface area contributed by atoms with Gasteiger partial charge in [0.1, 0.15) is 0 Å². The second-order valence-corrected chi connectivity index (χ2v) is 6.44. The largest absolute Gasteiger partial charge is 0.397 e. The molecule has 0 unspecified atom stereocenters. The van der Waals surface area contributed by atoms with Gasteiger partial charge >= 0.3 is 0 Å². The molecule has 0 radical (unpaired) electrons. The minimum absolute atomic E-state index is 0.444. The molecule has 4 nitrogen and oxygen atoms in total. The van der Waals surface area contributed by atoms with Crippen LogP contribution in [0.1, 0.15) is 43.8 Å². The van der Waals surface area contributed by atoms with E-state index in [0.717, 1.165) is 30.1 Å². The first-order chi connectivity index (χ1) is 10.1. The summed E-state index contributed by atoms with van der Waals surface area (Å²) in [7, 11) is 1.88. The number of hydrogen-bond acceptors (Lipinski definition) is 3. The molecule has 0 aliphatic heterocycles. The summed E-state index contributed by atoms with van der Waals surface area (Å²) in [5.41, 5.74) is 7.30. The molecule has 21 heavy (non-hydrogen) atoms. The Labute approximate surface area is 134 Å². The van der Waals surface area contributed by atoms with Gasteiger partial charge in [0.2, 0.25) is 0 Å². The molecule has 3 rings (SSSR count). The number of benzene rings is 1. The first kappa shape index (κ1) is 14.7. The first-order valence-corrected chi connectivity index (χ1v) is 7.97. The van der Waals surface area contributed by atoms with E-state index in [0.29, 0.717) is 21.7 Å². The Morgan fingerprint density at radius 3 is 2.62 bits per heavy atom. The number of aryl methyl sites for hydroxylation is 1. The Morgan fingerprint density at radius 2 is 1.90 bits per heavy atom. The summed E-state index contributed by atoms with van der Waals surface area (Å²) < 4.78 is 1.77. The summed E-state index contributed by atoms with van der Waals surface area (Å²) in [4.78, 5) is 4.70. The van der Waals surface area contributed by atoms with Crippen LogP contribution in [0, 0.1) is 0 Å². The van der Waals surface area contributed by atoms with Crippen molar-refractivity contribution in [2.75, 3.05) is 5.73 Å². The highest BCUT2D eigenvalue weighted by atomic mass is 35.5. The minimum Gasteiger partial charge on any atom is -0.397 e. The fourth-order valence-corrected chi connectivity index (χ4v) is 3.44. The van der Waals surface area contributed by atoms with Gasteiger partial charge in [0.05, 0.1) is 10.7 Å². The fourth-order valence-electron chi connectivity index (χ4n) is 2.94. The second-order valence-electron chi connectivity index (χ2n) is 5.60. The molecule has 2 N–H and O–H groups in total. The summed E-state index contributed by atoms with van der Waals surface area (Å²) in [6, 6.07) is 3.43. The molecule has 0 spiro atoms. The molecule has 1 aromatic carbocycles. The second kappa shape index (κ2) is 5.85. The Hall–Kier alpha value is -1.26. The van der Waals surface area contributed by atoms with Crippen LogP contribution in [0.25, 0.3) is 11.4 Å². The zero-order valence-corrected chi connectivity index (χ0v) is 13.5. The number of nitrogens with zero attached hydrogens (tertiary/aromatic N) is 3. The molecule has 1 aromatic heterocycles. The summed E-state index contributed by atoms with van der Waals surface area (Å²) in [5.74, 6) is 2.08. The molecule has 0 saturated heterocycles. The van der Waals surface area contributed by atoms with Crippen LogP contribution < -0.4 is 5.73 Å². The van der Waals surface area contributed by atoms with Gasteiger partial charge in [-0.25, -0.2) is 9.67 Å². The van der Waals surface area contributed by atoms with E-state index >= 15 is 0 Å². The number of rotatable bonds is 2. The topological polar surface area (TPSA) is 56.7 Å². The lowest BCUT2D eigenvalue weighted by molar-refractivity contribution is 0.427. The van der Waals surface area contributed by atoms with Gasteiger partial charge in [-0.15, -0.1) is 0 Å². The van der Waals surface area contributed by atoms with Crippen molar-refractivity contribution in [3.8, 4) is 11.4 Å². The van der Waals surface area contributed by atoms with E-state index in [1.54, 1.807) is 16.8 Å². The molecule has 112 valence electrons. The van der Waals surface area contributed by atoms with Crippen molar-refractivity contribution in [2.45, 2.75) is 38.0 Å². The van der Waals surface area contributed by atoms with Gasteiger partial charge in [-0.1, -0.05) is 42.5 Å². The van der Waals surface area contributed by atoms with Crippen LogP contribution in [0.3, 0.4) is 0 Å². The third-order valence-electron chi connectivity index (χ3n) is 4.08. The Balaban J connectivity index is 2.01. The van der Waals surface area contributed by atoms with E-state index in [2.05, 4.69) is 5.10 Å². The Bertz CT molecular complexity index is 660. The van der Waals surface area contributed by atoms with Gasteiger partial charge in [0, 0.05) is 23.6 Å². The third-order valence-corrected chi connectivity index (χ3v) is 4.62. The molecule has 1 aliphatic rings. The van der Waals surface area contributed by atoms with E-state index in [-0.39, 0.29) is 0 Å². The van der Waals surface area contributed by atoms with Gasteiger partial charge in [0.25, 0.3) is 0 Å². The molecular weight excluding hydrogens is 307 g/mol. The van der Waals surface area contributed by atoms with E-state index in [1.807, 2.05) is 7.05 Å². The monoisotopic (exact) mass is 324 g/mol. The van der Waals surface area contributed by atoms with E-state index in [1.165, 1.54) is 19.3 Å². The van der Waals surface area contributed by atoms with E-state index < -0.39 is 0 Å². The van der Waals surface area contributed by atoms with E-state index in [4.69, 9.17) is 33.9 Å². The quantitative estimate of drug-likeness (QED) is 0.832. The molecule has 2 aromatic rings. The maximum atomic E-state index is 6.11. The number of nitrogen functional groups attached to an aromatic ring is 1. The predicted molar refractivity (Wildman–Crippen MR) is 86.7 cm³/mol. The van der Waals surface area contributed by atoms with Crippen molar-refractivity contribution in [1.82, 2.24) is 14.8 Å². The predicted octanol–water partition coefficient (Wildman–Crippen LogP) is 4.42. The SMILES string of the molecule is Cn1nc(C2CCCCC2)nc1-c1cc(Cl)cc(Cl)c1N. The highest BCUT2D eigenvalue weighted by Crippen LogP contribution is 2.36. The maximum absolute atomic E-state index is 6.11. The van der Waals surface area contributed by atoms with Crippen molar-refractivity contribution < 1.29 is 0 Å².